The Labute approximate surface area is 167 Å². The minimum Gasteiger partial charge on any atom is -0.495 e. The molecule has 2 amide bonds. The molecule has 154 valence electrons. The zero-order valence-electron chi connectivity index (χ0n) is 15.9. The van der Waals surface area contributed by atoms with Crippen LogP contribution in [0.15, 0.2) is 41.3 Å². The van der Waals surface area contributed by atoms with E-state index >= 15 is 0 Å². The van der Waals surface area contributed by atoms with Crippen LogP contribution < -0.4 is 25.1 Å². The Bertz CT molecular complexity index is 1070. The Morgan fingerprint density at radius 3 is 2.17 bits per heavy atom. The highest BCUT2D eigenvalue weighted by Gasteiger charge is 2.24. The average molecular weight is 421 g/mol. The number of methoxy groups -OCH3 is 1. The van der Waals surface area contributed by atoms with Crippen molar-refractivity contribution in [3.8, 4) is 17.2 Å². The summed E-state index contributed by atoms with van der Waals surface area (Å²) in [6, 6.07) is 8.51. The van der Waals surface area contributed by atoms with E-state index < -0.39 is 21.8 Å². The molecule has 1 heterocycles. The van der Waals surface area contributed by atoms with Crippen molar-refractivity contribution in [1.82, 2.24) is 15.2 Å². The minimum absolute atomic E-state index is 0.0252. The van der Waals surface area contributed by atoms with Crippen LogP contribution in [0.5, 0.6) is 17.2 Å². The summed E-state index contributed by atoms with van der Waals surface area (Å²) in [5.74, 6) is -0.223. The number of carbonyl (C=O) groups excluding carboxylic acids is 2. The van der Waals surface area contributed by atoms with Crippen molar-refractivity contribution in [1.29, 1.82) is 0 Å². The van der Waals surface area contributed by atoms with E-state index in [0.29, 0.717) is 11.5 Å². The first-order valence-corrected chi connectivity index (χ1v) is 9.79. The van der Waals surface area contributed by atoms with E-state index in [1.54, 1.807) is 6.07 Å². The first-order chi connectivity index (χ1) is 13.7. The molecule has 0 spiro atoms. The van der Waals surface area contributed by atoms with Crippen LogP contribution in [0.25, 0.3) is 0 Å². The molecule has 10 nitrogen and oxygen atoms in total. The first kappa shape index (κ1) is 20.4. The van der Waals surface area contributed by atoms with E-state index in [0.717, 1.165) is 4.31 Å². The normalized spacial score (nSPS) is 12.6. The average Bonchev–Trinajstić information content (AvgIpc) is 3.18. The van der Waals surface area contributed by atoms with Crippen molar-refractivity contribution in [3.05, 3.63) is 47.5 Å². The van der Waals surface area contributed by atoms with Crippen molar-refractivity contribution in [2.45, 2.75) is 4.90 Å². The second-order valence-electron chi connectivity index (χ2n) is 6.13. The number of hydrogen-bond donors (Lipinski definition) is 2. The monoisotopic (exact) mass is 421 g/mol. The number of fused-ring (bicyclic) bond motifs is 1. The SMILES string of the molecule is COc1ccc(C(=O)NNC(=O)c2ccc3c(c2)OCO3)cc1S(=O)(=O)N(C)C. The maximum absolute atomic E-state index is 12.5. The number of nitrogens with one attached hydrogen (secondary N) is 2. The molecule has 0 radical (unpaired) electrons. The molecule has 29 heavy (non-hydrogen) atoms. The number of carbonyl (C=O) groups is 2. The highest BCUT2D eigenvalue weighted by molar-refractivity contribution is 7.89. The fourth-order valence-electron chi connectivity index (χ4n) is 2.51. The van der Waals surface area contributed by atoms with Crippen LogP contribution in [0.2, 0.25) is 0 Å². The van der Waals surface area contributed by atoms with Gasteiger partial charge in [-0.3, -0.25) is 20.4 Å². The molecule has 2 N–H and O–H groups in total. The standard InChI is InChI=1S/C18H19N3O7S/c1-21(2)29(24,25)16-9-12(5-7-14(16)26-3)18(23)20-19-17(22)11-4-6-13-15(8-11)28-10-27-13/h4-9H,10H2,1-3H3,(H,19,22)(H,20,23). The molecule has 1 aliphatic rings. The van der Waals surface area contributed by atoms with Crippen LogP contribution in [0, 0.1) is 0 Å². The van der Waals surface area contributed by atoms with Gasteiger partial charge in [0.05, 0.1) is 7.11 Å². The summed E-state index contributed by atoms with van der Waals surface area (Å²) >= 11 is 0. The Balaban J connectivity index is 1.75. The summed E-state index contributed by atoms with van der Waals surface area (Å²) in [5.41, 5.74) is 4.80. The van der Waals surface area contributed by atoms with Gasteiger partial charge in [0.15, 0.2) is 11.5 Å². The van der Waals surface area contributed by atoms with Crippen molar-refractivity contribution in [2.75, 3.05) is 28.0 Å². The van der Waals surface area contributed by atoms with Gasteiger partial charge in [0.2, 0.25) is 16.8 Å². The highest BCUT2D eigenvalue weighted by Crippen LogP contribution is 2.32. The molecular formula is C18H19N3O7S. The summed E-state index contributed by atoms with van der Waals surface area (Å²) in [5, 5.41) is 0. The van der Waals surface area contributed by atoms with Gasteiger partial charge in [0, 0.05) is 25.2 Å². The molecular weight excluding hydrogens is 402 g/mol. The number of sulfonamides is 1. The smallest absolute Gasteiger partial charge is 0.269 e. The van der Waals surface area contributed by atoms with Gasteiger partial charge < -0.3 is 14.2 Å². The van der Waals surface area contributed by atoms with E-state index in [4.69, 9.17) is 14.2 Å². The number of hydrazine groups is 1. The first-order valence-electron chi connectivity index (χ1n) is 8.35. The zero-order chi connectivity index (χ0) is 21.2. The third-order valence-corrected chi connectivity index (χ3v) is 5.95. The zero-order valence-corrected chi connectivity index (χ0v) is 16.7. The fourth-order valence-corrected chi connectivity index (χ4v) is 3.59. The van der Waals surface area contributed by atoms with E-state index in [2.05, 4.69) is 10.9 Å². The number of ether oxygens (including phenoxy) is 3. The lowest BCUT2D eigenvalue weighted by Crippen LogP contribution is -2.41. The Morgan fingerprint density at radius 2 is 1.55 bits per heavy atom. The van der Waals surface area contributed by atoms with Crippen LogP contribution in [0.4, 0.5) is 0 Å². The molecule has 0 atom stereocenters. The molecule has 1 aliphatic heterocycles. The molecule has 0 bridgehead atoms. The van der Waals surface area contributed by atoms with Gasteiger partial charge in [-0.25, -0.2) is 12.7 Å². The van der Waals surface area contributed by atoms with E-state index in [-0.39, 0.29) is 28.6 Å². The van der Waals surface area contributed by atoms with E-state index in [1.807, 2.05) is 0 Å². The van der Waals surface area contributed by atoms with Crippen LogP contribution >= 0.6 is 0 Å². The van der Waals surface area contributed by atoms with Gasteiger partial charge in [-0.2, -0.15) is 0 Å². The molecule has 11 heteroatoms. The number of rotatable bonds is 5. The van der Waals surface area contributed by atoms with Gasteiger partial charge in [-0.05, 0) is 36.4 Å². The summed E-state index contributed by atoms with van der Waals surface area (Å²) in [7, 11) is 0.224. The summed E-state index contributed by atoms with van der Waals surface area (Å²) in [4.78, 5) is 24.5. The van der Waals surface area contributed by atoms with E-state index in [1.165, 1.54) is 51.5 Å². The highest BCUT2D eigenvalue weighted by atomic mass is 32.2. The predicted octanol–water partition coefficient (Wildman–Crippen LogP) is 0.749. The summed E-state index contributed by atoms with van der Waals surface area (Å²) < 4.78 is 41.4. The molecule has 3 rings (SSSR count). The molecule has 0 unspecified atom stereocenters. The van der Waals surface area contributed by atoms with Gasteiger partial charge >= 0.3 is 0 Å². The quantitative estimate of drug-likeness (QED) is 0.683. The third kappa shape index (κ3) is 4.10. The second-order valence-corrected chi connectivity index (χ2v) is 8.25. The van der Waals surface area contributed by atoms with Crippen LogP contribution in [0.1, 0.15) is 20.7 Å². The van der Waals surface area contributed by atoms with Crippen LogP contribution in [-0.4, -0.2) is 52.5 Å². The maximum atomic E-state index is 12.5. The van der Waals surface area contributed by atoms with Crippen LogP contribution in [0.3, 0.4) is 0 Å². The number of amides is 2. The van der Waals surface area contributed by atoms with Crippen LogP contribution in [-0.2, 0) is 10.0 Å². The van der Waals surface area contributed by atoms with Crippen molar-refractivity contribution in [2.24, 2.45) is 0 Å². The van der Waals surface area contributed by atoms with Gasteiger partial charge in [-0.1, -0.05) is 0 Å². The van der Waals surface area contributed by atoms with Crippen molar-refractivity contribution < 1.29 is 32.2 Å². The fraction of sp³-hybridized carbons (Fsp3) is 0.222. The molecule has 2 aromatic carbocycles. The Hall–Kier alpha value is -3.31. The molecule has 0 saturated carbocycles. The molecule has 0 fully saturated rings. The predicted molar refractivity (Wildman–Crippen MR) is 101 cm³/mol. The number of nitrogens with zero attached hydrogens (tertiary/aromatic N) is 1. The molecule has 2 aromatic rings. The largest absolute Gasteiger partial charge is 0.495 e. The topological polar surface area (TPSA) is 123 Å². The van der Waals surface area contributed by atoms with Crippen molar-refractivity contribution >= 4 is 21.8 Å². The lowest BCUT2D eigenvalue weighted by molar-refractivity contribution is 0.0846. The number of hydrogen-bond acceptors (Lipinski definition) is 7. The minimum atomic E-state index is -3.84. The van der Waals surface area contributed by atoms with Gasteiger partial charge in [-0.15, -0.1) is 0 Å². The van der Waals surface area contributed by atoms with Gasteiger partial charge in [0.1, 0.15) is 10.6 Å². The van der Waals surface area contributed by atoms with Crippen molar-refractivity contribution in [3.63, 3.8) is 0 Å². The molecule has 0 aromatic heterocycles. The molecule has 0 saturated heterocycles. The molecule has 0 aliphatic carbocycles. The maximum Gasteiger partial charge on any atom is 0.269 e. The van der Waals surface area contributed by atoms with E-state index in [9.17, 15) is 18.0 Å². The lowest BCUT2D eigenvalue weighted by Gasteiger charge is -2.15. The summed E-state index contributed by atoms with van der Waals surface area (Å²) in [6.07, 6.45) is 0. The Morgan fingerprint density at radius 1 is 0.966 bits per heavy atom. The Kier molecular flexibility index (Phi) is 5.62. The van der Waals surface area contributed by atoms with Gasteiger partial charge in [0.25, 0.3) is 11.8 Å². The number of benzene rings is 2. The lowest BCUT2D eigenvalue weighted by atomic mass is 10.2. The third-order valence-electron chi connectivity index (χ3n) is 4.11. The second kappa shape index (κ2) is 7.97. The summed E-state index contributed by atoms with van der Waals surface area (Å²) in [6.45, 7) is 0.0762.